The molecule has 0 aliphatic carbocycles. The van der Waals surface area contributed by atoms with Gasteiger partial charge in [0.25, 0.3) is 0 Å². The summed E-state index contributed by atoms with van der Waals surface area (Å²) in [6.07, 6.45) is 0. The van der Waals surface area contributed by atoms with E-state index in [1.165, 1.54) is 43.7 Å². The zero-order valence-corrected chi connectivity index (χ0v) is 26.1. The smallest absolute Gasteiger partial charge is 0.0947 e. The lowest BCUT2D eigenvalue weighted by Crippen LogP contribution is -2.25. The molecule has 0 saturated carbocycles. The molecule has 48 heavy (non-hydrogen) atoms. The molecular formula is C44H30N4. The third-order valence-electron chi connectivity index (χ3n) is 9.75. The van der Waals surface area contributed by atoms with E-state index in [1.807, 2.05) is 0 Å². The van der Waals surface area contributed by atoms with Gasteiger partial charge in [-0.3, -0.25) is 0 Å². The highest BCUT2D eigenvalue weighted by molar-refractivity contribution is 6.19. The van der Waals surface area contributed by atoms with Crippen LogP contribution in [0.15, 0.2) is 175 Å². The molecule has 7 aromatic carbocycles. The van der Waals surface area contributed by atoms with Crippen molar-refractivity contribution in [1.82, 2.24) is 9.13 Å². The second kappa shape index (κ2) is 10.6. The van der Waals surface area contributed by atoms with Gasteiger partial charge in [0.05, 0.1) is 50.9 Å². The van der Waals surface area contributed by atoms with Crippen molar-refractivity contribution in [3.63, 3.8) is 0 Å². The van der Waals surface area contributed by atoms with Gasteiger partial charge in [0, 0.05) is 27.2 Å². The van der Waals surface area contributed by atoms with E-state index in [4.69, 9.17) is 4.99 Å². The van der Waals surface area contributed by atoms with Crippen molar-refractivity contribution in [2.24, 2.45) is 4.99 Å². The van der Waals surface area contributed by atoms with E-state index in [1.54, 1.807) is 0 Å². The average Bonchev–Trinajstić information content (AvgIpc) is 3.66. The second-order valence-electron chi connectivity index (χ2n) is 12.4. The average molecular weight is 615 g/mol. The fourth-order valence-corrected chi connectivity index (χ4v) is 7.64. The summed E-state index contributed by atoms with van der Waals surface area (Å²) < 4.78 is 4.82. The summed E-state index contributed by atoms with van der Waals surface area (Å²) in [5.41, 5.74) is 12.2. The van der Waals surface area contributed by atoms with Gasteiger partial charge in [0.2, 0.25) is 0 Å². The minimum Gasteiger partial charge on any atom is -0.369 e. The van der Waals surface area contributed by atoms with Crippen LogP contribution < -0.4 is 5.32 Å². The Morgan fingerprint density at radius 3 is 1.75 bits per heavy atom. The third-order valence-corrected chi connectivity index (χ3v) is 9.75. The lowest BCUT2D eigenvalue weighted by molar-refractivity contribution is 1.00. The molecule has 226 valence electrons. The first-order valence-corrected chi connectivity index (χ1v) is 16.4. The highest BCUT2D eigenvalue weighted by Gasteiger charge is 2.28. The molecule has 3 heterocycles. The van der Waals surface area contributed by atoms with E-state index >= 15 is 0 Å². The first-order chi connectivity index (χ1) is 23.8. The minimum absolute atomic E-state index is 0.109. The Balaban J connectivity index is 1.28. The van der Waals surface area contributed by atoms with E-state index in [0.717, 1.165) is 39.5 Å². The van der Waals surface area contributed by atoms with Crippen LogP contribution in [-0.2, 0) is 0 Å². The summed E-state index contributed by atoms with van der Waals surface area (Å²) >= 11 is 0. The Morgan fingerprint density at radius 2 is 1.04 bits per heavy atom. The molecule has 4 heteroatoms. The van der Waals surface area contributed by atoms with Crippen molar-refractivity contribution in [3.8, 4) is 11.4 Å². The van der Waals surface area contributed by atoms with Gasteiger partial charge in [-0.05, 0) is 59.7 Å². The SMILES string of the molecule is c1ccc(C2=Nc3cccc(-n4c5ccccc5c5cc6c7ccccc7n(-c7ccccc7)c6cc54)c3NC2c2ccccc2)cc1. The molecule has 9 aromatic rings. The predicted molar refractivity (Wildman–Crippen MR) is 201 cm³/mol. The first-order valence-electron chi connectivity index (χ1n) is 16.4. The Labute approximate surface area is 277 Å². The zero-order valence-electron chi connectivity index (χ0n) is 26.1. The van der Waals surface area contributed by atoms with Crippen LogP contribution in [0, 0.1) is 0 Å². The van der Waals surface area contributed by atoms with Crippen LogP contribution in [0.2, 0.25) is 0 Å². The van der Waals surface area contributed by atoms with Crippen molar-refractivity contribution >= 4 is 60.7 Å². The first kappa shape index (κ1) is 26.8. The molecule has 1 aliphatic heterocycles. The number of fused-ring (bicyclic) bond motifs is 7. The number of benzene rings is 7. The topological polar surface area (TPSA) is 34.2 Å². The summed E-state index contributed by atoms with van der Waals surface area (Å²) in [6.45, 7) is 0. The van der Waals surface area contributed by atoms with Gasteiger partial charge in [-0.1, -0.05) is 121 Å². The van der Waals surface area contributed by atoms with Crippen LogP contribution in [0.3, 0.4) is 0 Å². The van der Waals surface area contributed by atoms with Crippen LogP contribution >= 0.6 is 0 Å². The lowest BCUT2D eigenvalue weighted by atomic mass is 9.94. The van der Waals surface area contributed by atoms with Gasteiger partial charge in [-0.25, -0.2) is 4.99 Å². The maximum Gasteiger partial charge on any atom is 0.0947 e. The monoisotopic (exact) mass is 614 g/mol. The molecule has 1 N–H and O–H groups in total. The molecule has 0 spiro atoms. The third kappa shape index (κ3) is 3.99. The summed E-state index contributed by atoms with van der Waals surface area (Å²) in [7, 11) is 0. The number of hydrogen-bond acceptors (Lipinski definition) is 2. The zero-order chi connectivity index (χ0) is 31.6. The minimum atomic E-state index is -0.109. The van der Waals surface area contributed by atoms with Gasteiger partial charge >= 0.3 is 0 Å². The van der Waals surface area contributed by atoms with Crippen LogP contribution in [0.4, 0.5) is 11.4 Å². The number of para-hydroxylation sites is 4. The quantitative estimate of drug-likeness (QED) is 0.210. The molecule has 1 aliphatic rings. The molecule has 0 bridgehead atoms. The van der Waals surface area contributed by atoms with Crippen molar-refractivity contribution in [2.45, 2.75) is 6.04 Å². The largest absolute Gasteiger partial charge is 0.369 e. The molecule has 1 unspecified atom stereocenters. The Hall–Kier alpha value is -6.39. The normalized spacial score (nSPS) is 14.3. The number of aliphatic imine (C=N–C) groups is 1. The number of hydrogen-bond donors (Lipinski definition) is 1. The van der Waals surface area contributed by atoms with Crippen molar-refractivity contribution in [1.29, 1.82) is 0 Å². The van der Waals surface area contributed by atoms with E-state index < -0.39 is 0 Å². The number of nitrogens with zero attached hydrogens (tertiary/aromatic N) is 3. The number of rotatable bonds is 4. The molecule has 0 radical (unpaired) electrons. The number of aromatic nitrogens is 2. The van der Waals surface area contributed by atoms with Crippen molar-refractivity contribution in [3.05, 3.63) is 181 Å². The number of anilines is 1. The van der Waals surface area contributed by atoms with Gasteiger partial charge in [-0.15, -0.1) is 0 Å². The van der Waals surface area contributed by atoms with Crippen LogP contribution in [0.25, 0.3) is 55.0 Å². The highest BCUT2D eigenvalue weighted by atomic mass is 15.1. The van der Waals surface area contributed by atoms with Gasteiger partial charge < -0.3 is 14.5 Å². The maximum atomic E-state index is 5.37. The van der Waals surface area contributed by atoms with E-state index in [0.29, 0.717) is 0 Å². The van der Waals surface area contributed by atoms with Crippen LogP contribution in [0.5, 0.6) is 0 Å². The van der Waals surface area contributed by atoms with Crippen molar-refractivity contribution < 1.29 is 0 Å². The summed E-state index contributed by atoms with van der Waals surface area (Å²) in [5.74, 6) is 0. The highest BCUT2D eigenvalue weighted by Crippen LogP contribution is 2.45. The second-order valence-corrected chi connectivity index (χ2v) is 12.4. The molecule has 0 amide bonds. The van der Waals surface area contributed by atoms with Gasteiger partial charge in [0.1, 0.15) is 0 Å². The summed E-state index contributed by atoms with van der Waals surface area (Å²) in [5, 5.41) is 8.95. The Bertz CT molecular complexity index is 2680. The molecular weight excluding hydrogens is 585 g/mol. The predicted octanol–water partition coefficient (Wildman–Crippen LogP) is 11.2. The lowest BCUT2D eigenvalue weighted by Gasteiger charge is -2.30. The molecule has 10 rings (SSSR count). The Morgan fingerprint density at radius 1 is 0.458 bits per heavy atom. The molecule has 0 fully saturated rings. The molecule has 1 atom stereocenters. The van der Waals surface area contributed by atoms with Crippen molar-refractivity contribution in [2.75, 3.05) is 5.32 Å². The van der Waals surface area contributed by atoms with Gasteiger partial charge in [0.15, 0.2) is 0 Å². The summed E-state index contributed by atoms with van der Waals surface area (Å²) in [6, 6.07) is 60.5. The van der Waals surface area contributed by atoms with E-state index in [-0.39, 0.29) is 6.04 Å². The molecule has 0 saturated heterocycles. The number of nitrogens with one attached hydrogen (secondary N) is 1. The van der Waals surface area contributed by atoms with E-state index in [2.05, 4.69) is 184 Å². The van der Waals surface area contributed by atoms with Gasteiger partial charge in [-0.2, -0.15) is 0 Å². The molecule has 4 nitrogen and oxygen atoms in total. The summed E-state index contributed by atoms with van der Waals surface area (Å²) in [4.78, 5) is 5.37. The standard InChI is InChI=1S/C44H30N4/c1-4-15-29(16-5-1)42-43(30-17-6-2-7-18-30)46-44-36(45-42)23-14-26-39(44)48-38-25-13-11-22-33(38)35-27-34-32-21-10-12-24-37(32)47(40(34)28-41(35)48)31-19-8-3-9-20-31/h1-28,43,46H. The fourth-order valence-electron chi connectivity index (χ4n) is 7.64. The molecule has 2 aromatic heterocycles. The maximum absolute atomic E-state index is 5.37. The van der Waals surface area contributed by atoms with Crippen LogP contribution in [0.1, 0.15) is 17.2 Å². The van der Waals surface area contributed by atoms with Crippen LogP contribution in [-0.4, -0.2) is 14.8 Å². The fraction of sp³-hybridized carbons (Fsp3) is 0.0227. The Kier molecular flexibility index (Phi) is 5.90. The van der Waals surface area contributed by atoms with E-state index in [9.17, 15) is 0 Å².